The third-order valence-electron chi connectivity index (χ3n) is 1.54. The van der Waals surface area contributed by atoms with Gasteiger partial charge in [-0.2, -0.15) is 5.10 Å². The van der Waals surface area contributed by atoms with Crippen molar-refractivity contribution in [3.8, 4) is 5.82 Å². The Labute approximate surface area is 88.9 Å². The average Bonchev–Trinajstić information content (AvgIpc) is 2.52. The summed E-state index contributed by atoms with van der Waals surface area (Å²) in [4.78, 5) is 4.13. The number of nitrogens with two attached hydrogens (primary N) is 1. The molecule has 0 aliphatic rings. The van der Waals surface area contributed by atoms with Gasteiger partial charge in [0.25, 0.3) is 0 Å². The highest BCUT2D eigenvalue weighted by Gasteiger charge is 1.99. The molecule has 0 amide bonds. The molecule has 0 fully saturated rings. The van der Waals surface area contributed by atoms with E-state index in [2.05, 4.69) is 32.7 Å². The van der Waals surface area contributed by atoms with Crippen LogP contribution in [0, 0.1) is 3.57 Å². The number of anilines is 1. The van der Waals surface area contributed by atoms with Crippen LogP contribution < -0.4 is 5.73 Å². The highest BCUT2D eigenvalue weighted by atomic mass is 127. The fourth-order valence-electron chi connectivity index (χ4n) is 0.993. The summed E-state index contributed by atoms with van der Waals surface area (Å²) < 4.78 is 2.76. The van der Waals surface area contributed by atoms with Crippen LogP contribution in [0.1, 0.15) is 0 Å². The van der Waals surface area contributed by atoms with E-state index < -0.39 is 0 Å². The maximum atomic E-state index is 5.55. The number of nitrogens with zero attached hydrogens (tertiary/aromatic N) is 3. The Kier molecular flexibility index (Phi) is 2.17. The molecule has 2 rings (SSSR count). The molecule has 0 aromatic carbocycles. The van der Waals surface area contributed by atoms with E-state index in [0.717, 1.165) is 9.39 Å². The second kappa shape index (κ2) is 3.33. The highest BCUT2D eigenvalue weighted by molar-refractivity contribution is 14.1. The molecule has 0 radical (unpaired) electrons. The van der Waals surface area contributed by atoms with Crippen LogP contribution in [0.4, 0.5) is 5.82 Å². The minimum absolute atomic E-state index is 0.503. The summed E-state index contributed by atoms with van der Waals surface area (Å²) in [7, 11) is 0. The van der Waals surface area contributed by atoms with Gasteiger partial charge in [-0.05, 0) is 34.7 Å². The highest BCUT2D eigenvalue weighted by Crippen LogP contribution is 2.08. The molecule has 0 unspecified atom stereocenters. The predicted octanol–water partition coefficient (Wildman–Crippen LogP) is 1.45. The Balaban J connectivity index is 2.46. The smallest absolute Gasteiger partial charge is 0.155 e. The standard InChI is InChI=1S/C8H7IN4/c9-6-4-11-13(5-6)8-3-1-2-7(10)12-8/h1-5H,(H2,10,12). The van der Waals surface area contributed by atoms with Crippen LogP contribution in [-0.4, -0.2) is 14.8 Å². The Bertz CT molecular complexity index is 424. The first kappa shape index (κ1) is 8.49. The number of rotatable bonds is 1. The Morgan fingerprint density at radius 3 is 2.85 bits per heavy atom. The van der Waals surface area contributed by atoms with Gasteiger partial charge in [0, 0.05) is 6.20 Å². The third kappa shape index (κ3) is 1.80. The van der Waals surface area contributed by atoms with Gasteiger partial charge >= 0.3 is 0 Å². The lowest BCUT2D eigenvalue weighted by Gasteiger charge is -1.99. The zero-order valence-electron chi connectivity index (χ0n) is 6.68. The van der Waals surface area contributed by atoms with Gasteiger partial charge in [0.05, 0.1) is 9.77 Å². The molecule has 0 aliphatic carbocycles. The lowest BCUT2D eigenvalue weighted by molar-refractivity contribution is 0.849. The summed E-state index contributed by atoms with van der Waals surface area (Å²) in [6, 6.07) is 5.46. The van der Waals surface area contributed by atoms with Crippen molar-refractivity contribution in [2.24, 2.45) is 0 Å². The van der Waals surface area contributed by atoms with Crippen molar-refractivity contribution >= 4 is 28.4 Å². The zero-order chi connectivity index (χ0) is 9.26. The van der Waals surface area contributed by atoms with E-state index in [9.17, 15) is 0 Å². The number of hydrogen-bond acceptors (Lipinski definition) is 3. The maximum Gasteiger partial charge on any atom is 0.155 e. The minimum Gasteiger partial charge on any atom is -0.384 e. The first-order chi connectivity index (χ1) is 6.25. The molecule has 0 bridgehead atoms. The van der Waals surface area contributed by atoms with Crippen molar-refractivity contribution < 1.29 is 0 Å². The second-order valence-electron chi connectivity index (χ2n) is 2.52. The molecule has 2 N–H and O–H groups in total. The number of halogens is 1. The Hall–Kier alpha value is -1.11. The van der Waals surface area contributed by atoms with E-state index in [1.807, 2.05) is 18.3 Å². The first-order valence-corrected chi connectivity index (χ1v) is 4.76. The molecule has 66 valence electrons. The van der Waals surface area contributed by atoms with Crippen LogP contribution in [0.3, 0.4) is 0 Å². The van der Waals surface area contributed by atoms with Gasteiger partial charge in [-0.15, -0.1) is 0 Å². The minimum atomic E-state index is 0.503. The molecule has 2 aromatic heterocycles. The molecular formula is C8H7IN4. The molecule has 13 heavy (non-hydrogen) atoms. The van der Waals surface area contributed by atoms with E-state index in [1.54, 1.807) is 16.9 Å². The van der Waals surface area contributed by atoms with Gasteiger partial charge in [0.2, 0.25) is 0 Å². The molecule has 5 heteroatoms. The van der Waals surface area contributed by atoms with Crippen molar-refractivity contribution in [2.75, 3.05) is 5.73 Å². The quantitative estimate of drug-likeness (QED) is 0.807. The van der Waals surface area contributed by atoms with E-state index in [0.29, 0.717) is 5.82 Å². The molecular weight excluding hydrogens is 279 g/mol. The van der Waals surface area contributed by atoms with Crippen LogP contribution in [0.15, 0.2) is 30.6 Å². The van der Waals surface area contributed by atoms with E-state index in [1.165, 1.54) is 0 Å². The molecule has 4 nitrogen and oxygen atoms in total. The lowest BCUT2D eigenvalue weighted by Crippen LogP contribution is -1.99. The summed E-state index contributed by atoms with van der Waals surface area (Å²) in [5.41, 5.74) is 5.55. The summed E-state index contributed by atoms with van der Waals surface area (Å²) in [5, 5.41) is 4.12. The molecule has 0 aliphatic heterocycles. The molecule has 0 saturated carbocycles. The SMILES string of the molecule is Nc1cccc(-n2cc(I)cn2)n1. The summed E-state index contributed by atoms with van der Waals surface area (Å²) in [6.45, 7) is 0. The van der Waals surface area contributed by atoms with Crippen LogP contribution in [0.2, 0.25) is 0 Å². The van der Waals surface area contributed by atoms with Crippen molar-refractivity contribution in [3.05, 3.63) is 34.2 Å². The normalized spacial score (nSPS) is 10.2. The molecule has 0 atom stereocenters. The molecule has 0 saturated heterocycles. The monoisotopic (exact) mass is 286 g/mol. The summed E-state index contributed by atoms with van der Waals surface area (Å²) >= 11 is 2.19. The second-order valence-corrected chi connectivity index (χ2v) is 3.77. The van der Waals surface area contributed by atoms with Gasteiger partial charge in [-0.25, -0.2) is 9.67 Å². The lowest BCUT2D eigenvalue weighted by atomic mass is 10.4. The average molecular weight is 286 g/mol. The van der Waals surface area contributed by atoms with Gasteiger partial charge in [-0.1, -0.05) is 6.07 Å². The molecule has 2 aromatic rings. The largest absolute Gasteiger partial charge is 0.384 e. The van der Waals surface area contributed by atoms with Crippen LogP contribution >= 0.6 is 22.6 Å². The first-order valence-electron chi connectivity index (χ1n) is 3.69. The zero-order valence-corrected chi connectivity index (χ0v) is 8.84. The number of hydrogen-bond donors (Lipinski definition) is 1. The van der Waals surface area contributed by atoms with Gasteiger partial charge in [0.1, 0.15) is 5.82 Å². The number of nitrogen functional groups attached to an aromatic ring is 1. The summed E-state index contributed by atoms with van der Waals surface area (Å²) in [6.07, 6.45) is 3.66. The van der Waals surface area contributed by atoms with Crippen molar-refractivity contribution in [2.45, 2.75) is 0 Å². The summed E-state index contributed by atoms with van der Waals surface area (Å²) in [5.74, 6) is 1.24. The van der Waals surface area contributed by atoms with Gasteiger partial charge in [-0.3, -0.25) is 0 Å². The van der Waals surface area contributed by atoms with Crippen LogP contribution in [0.25, 0.3) is 5.82 Å². The predicted molar refractivity (Wildman–Crippen MR) is 58.5 cm³/mol. The topological polar surface area (TPSA) is 56.7 Å². The van der Waals surface area contributed by atoms with E-state index in [4.69, 9.17) is 5.73 Å². The maximum absolute atomic E-state index is 5.55. The van der Waals surface area contributed by atoms with Crippen LogP contribution in [-0.2, 0) is 0 Å². The Morgan fingerprint density at radius 2 is 2.23 bits per heavy atom. The van der Waals surface area contributed by atoms with Crippen LogP contribution in [0.5, 0.6) is 0 Å². The fourth-order valence-corrected chi connectivity index (χ4v) is 1.38. The Morgan fingerprint density at radius 1 is 1.38 bits per heavy atom. The van der Waals surface area contributed by atoms with Crippen molar-refractivity contribution in [1.29, 1.82) is 0 Å². The van der Waals surface area contributed by atoms with Crippen molar-refractivity contribution in [1.82, 2.24) is 14.8 Å². The van der Waals surface area contributed by atoms with Gasteiger partial charge in [0.15, 0.2) is 5.82 Å². The van der Waals surface area contributed by atoms with Gasteiger partial charge < -0.3 is 5.73 Å². The molecule has 2 heterocycles. The number of pyridine rings is 1. The van der Waals surface area contributed by atoms with Crippen molar-refractivity contribution in [3.63, 3.8) is 0 Å². The number of aromatic nitrogens is 3. The third-order valence-corrected chi connectivity index (χ3v) is 2.10. The fraction of sp³-hybridized carbons (Fsp3) is 0. The van der Waals surface area contributed by atoms with E-state index >= 15 is 0 Å². The molecule has 0 spiro atoms. The van der Waals surface area contributed by atoms with E-state index in [-0.39, 0.29) is 0 Å².